The summed E-state index contributed by atoms with van der Waals surface area (Å²) >= 11 is 0. The summed E-state index contributed by atoms with van der Waals surface area (Å²) in [6.45, 7) is 0.964. The van der Waals surface area contributed by atoms with Gasteiger partial charge >= 0.3 is 0 Å². The summed E-state index contributed by atoms with van der Waals surface area (Å²) in [4.78, 5) is 12.9. The molecule has 0 aromatic heterocycles. The number of aliphatic hydroxyl groups is 6. The third-order valence-electron chi connectivity index (χ3n) is 7.70. The minimum Gasteiger partial charge on any atom is -0.507 e. The fourth-order valence-electron chi connectivity index (χ4n) is 5.20. The highest BCUT2D eigenvalue weighted by atomic mass is 16.7. The van der Waals surface area contributed by atoms with Crippen LogP contribution in [0.4, 0.5) is 0 Å². The summed E-state index contributed by atoms with van der Waals surface area (Å²) in [6, 6.07) is 6.90. The maximum atomic E-state index is 12.9. The van der Waals surface area contributed by atoms with E-state index in [2.05, 4.69) is 0 Å². The van der Waals surface area contributed by atoms with Crippen molar-refractivity contribution in [1.82, 2.24) is 0 Å². The number of ketones is 1. The van der Waals surface area contributed by atoms with Crippen LogP contribution in [0.1, 0.15) is 35.4 Å². The van der Waals surface area contributed by atoms with Crippen molar-refractivity contribution in [2.24, 2.45) is 0 Å². The Labute approximate surface area is 245 Å². The number of methoxy groups -OCH3 is 1. The smallest absolute Gasteiger partial charge is 0.229 e. The summed E-state index contributed by atoms with van der Waals surface area (Å²) in [5.41, 5.74) is 0.373. The van der Waals surface area contributed by atoms with Crippen molar-refractivity contribution in [1.29, 1.82) is 0 Å². The number of carbonyl (C=O) groups excluding carboxylic acids is 1. The topological polar surface area (TPSA) is 234 Å². The van der Waals surface area contributed by atoms with Gasteiger partial charge in [0.1, 0.15) is 71.6 Å². The van der Waals surface area contributed by atoms with Gasteiger partial charge in [0.15, 0.2) is 23.6 Å². The number of hydrogen-bond acceptors (Lipinski definition) is 15. The van der Waals surface area contributed by atoms with Crippen molar-refractivity contribution in [2.45, 2.75) is 80.9 Å². The number of hydrogen-bond donors (Lipinski definition) is 8. The molecule has 11 atom stereocenters. The van der Waals surface area contributed by atoms with E-state index in [9.17, 15) is 45.6 Å². The van der Waals surface area contributed by atoms with Gasteiger partial charge in [0.05, 0.1) is 26.2 Å². The molecule has 2 aromatic carbocycles. The second-order valence-electron chi connectivity index (χ2n) is 10.6. The van der Waals surface area contributed by atoms with E-state index in [4.69, 9.17) is 28.4 Å². The summed E-state index contributed by atoms with van der Waals surface area (Å²) < 4.78 is 33.1. The summed E-state index contributed by atoms with van der Waals surface area (Å²) in [7, 11) is 1.39. The molecular weight excluding hydrogens is 576 g/mol. The highest BCUT2D eigenvalue weighted by molar-refractivity contribution is 6.02. The molecule has 2 saturated heterocycles. The van der Waals surface area contributed by atoms with E-state index in [1.54, 1.807) is 6.07 Å². The van der Waals surface area contributed by atoms with Crippen LogP contribution in [-0.2, 0) is 14.2 Å². The first kappa shape index (κ1) is 31.2. The predicted octanol–water partition coefficient (Wildman–Crippen LogP) is -1.16. The molecule has 3 heterocycles. The van der Waals surface area contributed by atoms with E-state index in [0.29, 0.717) is 5.56 Å². The van der Waals surface area contributed by atoms with E-state index in [-0.39, 0.29) is 35.0 Å². The third-order valence-corrected chi connectivity index (χ3v) is 7.70. The first-order valence-electron chi connectivity index (χ1n) is 13.5. The van der Waals surface area contributed by atoms with E-state index < -0.39 is 85.7 Å². The van der Waals surface area contributed by atoms with E-state index in [0.717, 1.165) is 6.07 Å². The number of carbonyl (C=O) groups is 1. The lowest BCUT2D eigenvalue weighted by atomic mass is 9.95. The van der Waals surface area contributed by atoms with E-state index >= 15 is 0 Å². The van der Waals surface area contributed by atoms with Gasteiger partial charge in [0.2, 0.25) is 6.29 Å². The second-order valence-corrected chi connectivity index (χ2v) is 10.6. The monoisotopic (exact) mass is 610 g/mol. The zero-order chi connectivity index (χ0) is 31.2. The van der Waals surface area contributed by atoms with Crippen LogP contribution in [0, 0.1) is 0 Å². The maximum Gasteiger partial charge on any atom is 0.229 e. The maximum absolute atomic E-state index is 12.9. The number of ether oxygens (including phenoxy) is 6. The molecule has 6 unspecified atom stereocenters. The van der Waals surface area contributed by atoms with Gasteiger partial charge < -0.3 is 69.3 Å². The lowest BCUT2D eigenvalue weighted by Crippen LogP contribution is -2.61. The van der Waals surface area contributed by atoms with Gasteiger partial charge in [0.25, 0.3) is 0 Å². The van der Waals surface area contributed by atoms with Crippen molar-refractivity contribution in [3.05, 3.63) is 41.5 Å². The van der Waals surface area contributed by atoms with Gasteiger partial charge in [-0.2, -0.15) is 0 Å². The Morgan fingerprint density at radius 3 is 2.23 bits per heavy atom. The lowest BCUT2D eigenvalue weighted by Gasteiger charge is -2.42. The molecule has 43 heavy (non-hydrogen) atoms. The molecule has 0 aliphatic carbocycles. The summed E-state index contributed by atoms with van der Waals surface area (Å²) in [5, 5.41) is 82.2. The zero-order valence-electron chi connectivity index (χ0n) is 23.1. The largest absolute Gasteiger partial charge is 0.507 e. The van der Waals surface area contributed by atoms with Gasteiger partial charge in [0, 0.05) is 12.1 Å². The minimum atomic E-state index is -1.77. The van der Waals surface area contributed by atoms with Gasteiger partial charge in [-0.05, 0) is 24.6 Å². The number of Topliss-reactive ketones (excluding diaryl/α,β-unsaturated/α-hetero) is 1. The Kier molecular flexibility index (Phi) is 8.99. The molecule has 8 N–H and O–H groups in total. The second kappa shape index (κ2) is 12.4. The molecule has 0 spiro atoms. The van der Waals surface area contributed by atoms with Crippen molar-refractivity contribution in [3.63, 3.8) is 0 Å². The van der Waals surface area contributed by atoms with Gasteiger partial charge in [-0.25, -0.2) is 0 Å². The first-order valence-corrected chi connectivity index (χ1v) is 13.5. The molecule has 5 rings (SSSR count). The quantitative estimate of drug-likeness (QED) is 0.185. The normalized spacial score (nSPS) is 36.0. The fraction of sp³-hybridized carbons (Fsp3) is 0.536. The Balaban J connectivity index is 1.30. The highest BCUT2D eigenvalue weighted by Crippen LogP contribution is 2.43. The molecule has 15 nitrogen and oxygen atoms in total. The van der Waals surface area contributed by atoms with Crippen molar-refractivity contribution in [3.8, 4) is 28.7 Å². The van der Waals surface area contributed by atoms with Crippen LogP contribution in [0.5, 0.6) is 28.7 Å². The zero-order valence-corrected chi connectivity index (χ0v) is 23.1. The molecule has 0 amide bonds. The number of phenols is 2. The Bertz CT molecular complexity index is 1320. The number of fused-ring (bicyclic) bond motifs is 1. The van der Waals surface area contributed by atoms with Gasteiger partial charge in [-0.15, -0.1) is 0 Å². The Hall–Kier alpha value is -3.25. The molecule has 3 aliphatic rings. The van der Waals surface area contributed by atoms with Crippen LogP contribution in [0.15, 0.2) is 30.3 Å². The fourth-order valence-corrected chi connectivity index (χ4v) is 5.20. The number of aliphatic hydroxyl groups excluding tert-OH is 6. The van der Waals surface area contributed by atoms with Crippen LogP contribution in [-0.4, -0.2) is 122 Å². The molecule has 236 valence electrons. The van der Waals surface area contributed by atoms with Gasteiger partial charge in [-0.3, -0.25) is 4.79 Å². The molecule has 2 aromatic rings. The third kappa shape index (κ3) is 6.08. The van der Waals surface area contributed by atoms with Crippen molar-refractivity contribution >= 4 is 5.78 Å². The number of rotatable bonds is 7. The number of phenolic OH excluding ortho intramolecular Hbond substituents is 2. The number of benzene rings is 2. The molecule has 0 bridgehead atoms. The standard InChI is InChI=1S/C28H34O15/c1-10-21(32)23(34)25(36)27(40-10)39-9-19-22(33)24(35)26(37)28(43-19)41-12-6-14(30)20-15(31)8-17(42-18(20)7-12)11-3-4-16(38-2)13(29)5-11/h3-7,10,17,19,21-30,32-37H,8-9H2,1-2H3/t10?,17?,19?,21-,22+,23?,24?,25-,26?,27+,28+/m0/s1. The average molecular weight is 611 g/mol. The summed E-state index contributed by atoms with van der Waals surface area (Å²) in [5.74, 6) is -0.999. The average Bonchev–Trinajstić information content (AvgIpc) is 2.97. The van der Waals surface area contributed by atoms with E-state index in [1.165, 1.54) is 32.2 Å². The first-order chi connectivity index (χ1) is 20.4. The minimum absolute atomic E-state index is 0.0457. The molecular formula is C28H34O15. The van der Waals surface area contributed by atoms with Crippen molar-refractivity contribution in [2.75, 3.05) is 13.7 Å². The Morgan fingerprint density at radius 2 is 1.53 bits per heavy atom. The van der Waals surface area contributed by atoms with Crippen LogP contribution >= 0.6 is 0 Å². The molecule has 2 fully saturated rings. The Morgan fingerprint density at radius 1 is 0.837 bits per heavy atom. The van der Waals surface area contributed by atoms with E-state index in [1.807, 2.05) is 0 Å². The van der Waals surface area contributed by atoms with Gasteiger partial charge in [-0.1, -0.05) is 6.07 Å². The number of aromatic hydroxyl groups is 2. The van der Waals surface area contributed by atoms with Crippen LogP contribution in [0.25, 0.3) is 0 Å². The van der Waals surface area contributed by atoms with Crippen LogP contribution in [0.3, 0.4) is 0 Å². The highest BCUT2D eigenvalue weighted by Gasteiger charge is 2.47. The van der Waals surface area contributed by atoms with Crippen LogP contribution in [0.2, 0.25) is 0 Å². The predicted molar refractivity (Wildman–Crippen MR) is 141 cm³/mol. The lowest BCUT2D eigenvalue weighted by molar-refractivity contribution is -0.318. The molecule has 0 saturated carbocycles. The SMILES string of the molecule is COc1ccc(C2CC(=O)c3c(O)cc(O[C@@H]4OC(CO[C@@H]5OC(C)[C@H](O)C(O)[C@@H]5O)[C@@H](O)C(O)C4O)cc3O2)cc1O. The molecule has 3 aliphatic heterocycles. The van der Waals surface area contributed by atoms with Crippen molar-refractivity contribution < 1.29 is 74.1 Å². The molecule has 15 heteroatoms. The van der Waals surface area contributed by atoms with Crippen LogP contribution < -0.4 is 14.2 Å². The molecule has 0 radical (unpaired) electrons. The summed E-state index contributed by atoms with van der Waals surface area (Å²) in [6.07, 6.45) is -15.9.